The highest BCUT2D eigenvalue weighted by molar-refractivity contribution is 5.69. The number of rotatable bonds is 17. The first-order valence-electron chi connectivity index (χ1n) is 13.8. The van der Waals surface area contributed by atoms with Crippen LogP contribution in [0.1, 0.15) is 44.9 Å². The van der Waals surface area contributed by atoms with Gasteiger partial charge >= 0.3 is 12.1 Å². The Hall–Kier alpha value is -1.92. The van der Waals surface area contributed by atoms with Crippen molar-refractivity contribution < 1.29 is 68.6 Å². The van der Waals surface area contributed by atoms with E-state index in [2.05, 4.69) is 16.6 Å². The second-order valence-corrected chi connectivity index (χ2v) is 9.89. The maximum atomic E-state index is 12.4. The molecule has 41 heavy (non-hydrogen) atoms. The quantitative estimate of drug-likeness (QED) is 0.0575. The van der Waals surface area contributed by atoms with Crippen LogP contribution in [0.3, 0.4) is 0 Å². The monoisotopic (exact) mass is 595 g/mol. The van der Waals surface area contributed by atoms with E-state index in [-0.39, 0.29) is 19.2 Å². The van der Waals surface area contributed by atoms with Crippen LogP contribution >= 0.6 is 0 Å². The van der Waals surface area contributed by atoms with Gasteiger partial charge in [0, 0.05) is 13.0 Å². The van der Waals surface area contributed by atoms with Gasteiger partial charge in [-0.2, -0.15) is 0 Å². The van der Waals surface area contributed by atoms with Gasteiger partial charge in [0.1, 0.15) is 55.4 Å². The Bertz CT molecular complexity index is 785. The number of hydrogen-bond donors (Lipinski definition) is 7. The zero-order valence-corrected chi connectivity index (χ0v) is 23.3. The predicted molar refractivity (Wildman–Crippen MR) is 139 cm³/mol. The molecule has 1 amide bonds. The Morgan fingerprint density at radius 1 is 0.854 bits per heavy atom. The van der Waals surface area contributed by atoms with Crippen LogP contribution < -0.4 is 5.32 Å². The Morgan fingerprint density at radius 2 is 1.46 bits per heavy atom. The van der Waals surface area contributed by atoms with Gasteiger partial charge < -0.3 is 64.4 Å². The van der Waals surface area contributed by atoms with Gasteiger partial charge in [-0.15, -0.1) is 0 Å². The third-order valence-electron chi connectivity index (χ3n) is 6.90. The number of ether oxygens (including phenoxy) is 6. The van der Waals surface area contributed by atoms with Crippen LogP contribution in [0.5, 0.6) is 0 Å². The zero-order chi connectivity index (χ0) is 30.4. The number of alkyl carbamates (subject to hydrolysis) is 1. The molecule has 2 fully saturated rings. The molecule has 2 aliphatic rings. The largest absolute Gasteiger partial charge is 0.469 e. The summed E-state index contributed by atoms with van der Waals surface area (Å²) in [5, 5.41) is 63.4. The molecule has 0 aromatic carbocycles. The first-order chi connectivity index (χ1) is 19.7. The summed E-state index contributed by atoms with van der Waals surface area (Å²) in [4.78, 5) is 23.6. The number of amides is 1. The molecule has 0 aliphatic carbocycles. The molecule has 2 heterocycles. The van der Waals surface area contributed by atoms with E-state index in [9.17, 15) is 40.2 Å². The Balaban J connectivity index is 2.06. The van der Waals surface area contributed by atoms with Crippen molar-refractivity contribution in [2.45, 2.75) is 106 Å². The molecule has 15 heteroatoms. The summed E-state index contributed by atoms with van der Waals surface area (Å²) in [5.41, 5.74) is 0. The van der Waals surface area contributed by atoms with Crippen molar-refractivity contribution in [1.29, 1.82) is 0 Å². The van der Waals surface area contributed by atoms with Crippen molar-refractivity contribution in [3.8, 4) is 0 Å². The van der Waals surface area contributed by atoms with E-state index < -0.39 is 80.7 Å². The van der Waals surface area contributed by atoms with Crippen molar-refractivity contribution >= 4 is 12.1 Å². The number of aliphatic hydroxyl groups excluding tert-OH is 6. The lowest BCUT2D eigenvalue weighted by atomic mass is 9.95. The smallest absolute Gasteiger partial charge is 0.407 e. The van der Waals surface area contributed by atoms with E-state index in [0.29, 0.717) is 12.8 Å². The first kappa shape index (κ1) is 35.3. The summed E-state index contributed by atoms with van der Waals surface area (Å²) in [6.45, 7) is 2.20. The third kappa shape index (κ3) is 10.7. The van der Waals surface area contributed by atoms with Gasteiger partial charge in [-0.1, -0.05) is 38.3 Å². The van der Waals surface area contributed by atoms with Crippen molar-refractivity contribution in [3.05, 3.63) is 12.7 Å². The molecule has 0 aromatic rings. The fourth-order valence-electron chi connectivity index (χ4n) is 4.55. The van der Waals surface area contributed by atoms with E-state index >= 15 is 0 Å². The van der Waals surface area contributed by atoms with Gasteiger partial charge in [0.2, 0.25) is 0 Å². The zero-order valence-electron chi connectivity index (χ0n) is 23.3. The van der Waals surface area contributed by atoms with Crippen LogP contribution in [0, 0.1) is 0 Å². The van der Waals surface area contributed by atoms with Gasteiger partial charge in [-0.25, -0.2) is 4.79 Å². The third-order valence-corrected chi connectivity index (χ3v) is 6.90. The maximum absolute atomic E-state index is 12.4. The first-order valence-corrected chi connectivity index (χ1v) is 13.8. The lowest BCUT2D eigenvalue weighted by molar-refractivity contribution is -0.344. The minimum Gasteiger partial charge on any atom is -0.469 e. The number of aliphatic hydroxyl groups is 6. The predicted octanol–water partition coefficient (Wildman–Crippen LogP) is -1.55. The fourth-order valence-corrected chi connectivity index (χ4v) is 4.55. The second kappa shape index (κ2) is 18.6. The van der Waals surface area contributed by atoms with E-state index in [4.69, 9.17) is 23.7 Å². The van der Waals surface area contributed by atoms with Crippen molar-refractivity contribution in [2.24, 2.45) is 0 Å². The molecule has 238 valence electrons. The maximum Gasteiger partial charge on any atom is 0.407 e. The van der Waals surface area contributed by atoms with Crippen LogP contribution in [0.4, 0.5) is 4.79 Å². The minimum atomic E-state index is -1.78. The topological polar surface area (TPSA) is 223 Å². The summed E-state index contributed by atoms with van der Waals surface area (Å²) in [5.74, 6) is -0.234. The van der Waals surface area contributed by atoms with Crippen LogP contribution in [0.25, 0.3) is 0 Å². The number of hydrogen-bond acceptors (Lipinski definition) is 14. The van der Waals surface area contributed by atoms with Crippen molar-refractivity contribution in [3.63, 3.8) is 0 Å². The highest BCUT2D eigenvalue weighted by atomic mass is 16.7. The molecular formula is C26H45NO14. The normalized spacial score (nSPS) is 33.6. The van der Waals surface area contributed by atoms with E-state index in [1.54, 1.807) is 0 Å². The Labute approximate surface area is 238 Å². The highest BCUT2D eigenvalue weighted by Crippen LogP contribution is 2.30. The molecule has 0 bridgehead atoms. The highest BCUT2D eigenvalue weighted by Gasteiger charge is 2.51. The van der Waals surface area contributed by atoms with Crippen LogP contribution in [-0.4, -0.2) is 138 Å². The number of carbonyl (C=O) groups is 2. The lowest BCUT2D eigenvalue weighted by Gasteiger charge is -2.47. The van der Waals surface area contributed by atoms with E-state index in [0.717, 1.165) is 32.1 Å². The molecule has 0 aromatic heterocycles. The molecular weight excluding hydrogens is 550 g/mol. The molecule has 0 saturated carbocycles. The molecule has 2 rings (SSSR count). The number of unbranched alkanes of at least 4 members (excludes halogenated alkanes) is 5. The molecule has 2 aliphatic heterocycles. The summed E-state index contributed by atoms with van der Waals surface area (Å²) < 4.78 is 32.4. The van der Waals surface area contributed by atoms with Gasteiger partial charge in [0.15, 0.2) is 12.6 Å². The molecule has 0 spiro atoms. The molecule has 0 radical (unpaired) electrons. The molecule has 15 nitrogen and oxygen atoms in total. The van der Waals surface area contributed by atoms with Gasteiger partial charge in [0.25, 0.3) is 0 Å². The van der Waals surface area contributed by atoms with Crippen molar-refractivity contribution in [1.82, 2.24) is 5.32 Å². The van der Waals surface area contributed by atoms with E-state index in [1.165, 1.54) is 13.2 Å². The number of nitrogens with one attached hydrogen (secondary N) is 1. The average Bonchev–Trinajstić information content (AvgIpc) is 2.97. The van der Waals surface area contributed by atoms with Crippen molar-refractivity contribution in [2.75, 3.05) is 33.5 Å². The SMILES string of the molecule is C=CCOC(=O)NC1C(O[C@H]2OC(CO)[C@@H](O)C(O)C2O)[C@H](O)C(CO)O[C@H]1OCCCCCCCCC(=O)OC. The Kier molecular flexibility index (Phi) is 16.0. The second-order valence-electron chi connectivity index (χ2n) is 9.89. The fraction of sp³-hybridized carbons (Fsp3) is 0.846. The molecule has 2 saturated heterocycles. The van der Waals surface area contributed by atoms with Gasteiger partial charge in [-0.3, -0.25) is 4.79 Å². The number of methoxy groups -OCH3 is 1. The van der Waals surface area contributed by atoms with Gasteiger partial charge in [-0.05, 0) is 12.8 Å². The average molecular weight is 596 g/mol. The van der Waals surface area contributed by atoms with E-state index in [1.807, 2.05) is 0 Å². The summed E-state index contributed by atoms with van der Waals surface area (Å²) in [7, 11) is 1.36. The van der Waals surface area contributed by atoms with Gasteiger partial charge in [0.05, 0.1) is 20.3 Å². The molecule has 7 N–H and O–H groups in total. The number of carbonyl (C=O) groups excluding carboxylic acids is 2. The number of esters is 1. The summed E-state index contributed by atoms with van der Waals surface area (Å²) in [6.07, 6.45) is -7.84. The summed E-state index contributed by atoms with van der Waals surface area (Å²) >= 11 is 0. The summed E-state index contributed by atoms with van der Waals surface area (Å²) in [6, 6.07) is -1.24. The molecule has 6 unspecified atom stereocenters. The lowest BCUT2D eigenvalue weighted by Crippen LogP contribution is -2.68. The van der Waals surface area contributed by atoms with Crippen LogP contribution in [-0.2, 0) is 33.2 Å². The Morgan fingerprint density at radius 3 is 2.10 bits per heavy atom. The minimum absolute atomic E-state index is 0.120. The van der Waals surface area contributed by atoms with Crippen LogP contribution in [0.15, 0.2) is 12.7 Å². The molecule has 10 atom stereocenters. The standard InChI is InChI=1S/C26H45NO14/c1-3-11-38-26(35)27-18-23(41-25-22(34)21(33)19(31)15(13-28)40-25)20(32)16(14-29)39-24(18)37-12-9-7-5-4-6-8-10-17(30)36-2/h3,15-16,18-25,28-29,31-34H,1,4-14H2,2H3,(H,27,35)/t15?,16?,18?,19-,20-,21?,22?,23?,24-,25-/m1/s1. The van der Waals surface area contributed by atoms with Crippen LogP contribution in [0.2, 0.25) is 0 Å².